The van der Waals surface area contributed by atoms with Crippen LogP contribution < -0.4 is 11.3 Å². The van der Waals surface area contributed by atoms with Crippen LogP contribution >= 0.6 is 0 Å². The lowest BCUT2D eigenvalue weighted by Gasteiger charge is -2.15. The predicted octanol–water partition coefficient (Wildman–Crippen LogP) is 2.25. The number of hydrogen-bond acceptors (Lipinski definition) is 4. The molecule has 0 aliphatic carbocycles. The molecule has 1 atom stereocenters. The lowest BCUT2D eigenvalue weighted by Crippen LogP contribution is -2.38. The van der Waals surface area contributed by atoms with Gasteiger partial charge in [0.1, 0.15) is 0 Å². The first-order valence-electron chi connectivity index (χ1n) is 7.06. The maximum absolute atomic E-state index is 5.68. The van der Waals surface area contributed by atoms with Crippen molar-refractivity contribution < 1.29 is 0 Å². The van der Waals surface area contributed by atoms with Crippen molar-refractivity contribution in [3.63, 3.8) is 0 Å². The van der Waals surface area contributed by atoms with Gasteiger partial charge in [-0.05, 0) is 24.3 Å². The molecule has 0 fully saturated rings. The van der Waals surface area contributed by atoms with Crippen LogP contribution in [-0.2, 0) is 12.8 Å². The van der Waals surface area contributed by atoms with Gasteiger partial charge in [-0.3, -0.25) is 21.2 Å². The molecule has 0 aliphatic rings. The monoisotopic (exact) mass is 278 g/mol. The molecular weight excluding hydrogens is 260 g/mol. The van der Waals surface area contributed by atoms with Gasteiger partial charge in [0.05, 0.1) is 5.52 Å². The molecule has 4 heteroatoms. The first-order valence-corrected chi connectivity index (χ1v) is 7.06. The van der Waals surface area contributed by atoms with Gasteiger partial charge in [0.2, 0.25) is 0 Å². The van der Waals surface area contributed by atoms with E-state index in [1.165, 1.54) is 0 Å². The number of fused-ring (bicyclic) bond motifs is 1. The van der Waals surface area contributed by atoms with E-state index in [1.54, 1.807) is 6.20 Å². The molecule has 0 saturated heterocycles. The molecule has 4 nitrogen and oxygen atoms in total. The summed E-state index contributed by atoms with van der Waals surface area (Å²) in [7, 11) is 0. The number of nitrogens with two attached hydrogens (primary N) is 1. The summed E-state index contributed by atoms with van der Waals surface area (Å²) in [6, 6.07) is 18.3. The number of pyridine rings is 2. The predicted molar refractivity (Wildman–Crippen MR) is 84.5 cm³/mol. The lowest BCUT2D eigenvalue weighted by atomic mass is 10.0. The Balaban J connectivity index is 1.76. The van der Waals surface area contributed by atoms with Crippen molar-refractivity contribution in [3.05, 3.63) is 72.2 Å². The molecule has 1 unspecified atom stereocenters. The van der Waals surface area contributed by atoms with Crippen molar-refractivity contribution in [1.82, 2.24) is 15.4 Å². The molecule has 0 amide bonds. The molecule has 21 heavy (non-hydrogen) atoms. The first kappa shape index (κ1) is 13.7. The zero-order chi connectivity index (χ0) is 14.5. The standard InChI is InChI=1S/C17H18N4/c18-21-16(11-14-6-3-4-10-19-14)12-15-9-8-13-5-1-2-7-17(13)20-15/h1-10,16,21H,11-12,18H2. The zero-order valence-corrected chi connectivity index (χ0v) is 11.7. The summed E-state index contributed by atoms with van der Waals surface area (Å²) in [6.07, 6.45) is 3.36. The van der Waals surface area contributed by atoms with Crippen LogP contribution in [0.1, 0.15) is 11.4 Å². The van der Waals surface area contributed by atoms with E-state index >= 15 is 0 Å². The summed E-state index contributed by atoms with van der Waals surface area (Å²) >= 11 is 0. The molecule has 3 rings (SSSR count). The van der Waals surface area contributed by atoms with Gasteiger partial charge in [0.15, 0.2) is 0 Å². The Bertz CT molecular complexity index is 712. The van der Waals surface area contributed by atoms with E-state index in [9.17, 15) is 0 Å². The van der Waals surface area contributed by atoms with E-state index in [2.05, 4.69) is 33.6 Å². The van der Waals surface area contributed by atoms with Crippen LogP contribution in [0.25, 0.3) is 10.9 Å². The second-order valence-corrected chi connectivity index (χ2v) is 5.09. The highest BCUT2D eigenvalue weighted by atomic mass is 15.2. The Morgan fingerprint density at radius 2 is 1.71 bits per heavy atom. The number of aromatic nitrogens is 2. The molecule has 3 N–H and O–H groups in total. The number of hydrogen-bond donors (Lipinski definition) is 2. The quantitative estimate of drug-likeness (QED) is 0.555. The van der Waals surface area contributed by atoms with Crippen molar-refractivity contribution in [3.8, 4) is 0 Å². The van der Waals surface area contributed by atoms with E-state index in [-0.39, 0.29) is 6.04 Å². The minimum atomic E-state index is 0.119. The van der Waals surface area contributed by atoms with Crippen LogP contribution in [-0.4, -0.2) is 16.0 Å². The largest absolute Gasteiger partial charge is 0.271 e. The summed E-state index contributed by atoms with van der Waals surface area (Å²) in [4.78, 5) is 9.03. The highest BCUT2D eigenvalue weighted by Crippen LogP contribution is 2.13. The Morgan fingerprint density at radius 3 is 2.52 bits per heavy atom. The smallest absolute Gasteiger partial charge is 0.0705 e. The van der Waals surface area contributed by atoms with Gasteiger partial charge >= 0.3 is 0 Å². The maximum Gasteiger partial charge on any atom is 0.0705 e. The van der Waals surface area contributed by atoms with Crippen LogP contribution in [0.5, 0.6) is 0 Å². The molecule has 0 bridgehead atoms. The first-order chi connectivity index (χ1) is 10.3. The van der Waals surface area contributed by atoms with E-state index in [1.807, 2.05) is 36.4 Å². The molecule has 106 valence electrons. The number of hydrazine groups is 1. The van der Waals surface area contributed by atoms with Crippen LogP contribution in [0.3, 0.4) is 0 Å². The van der Waals surface area contributed by atoms with Gasteiger partial charge in [-0.15, -0.1) is 0 Å². The fraction of sp³-hybridized carbons (Fsp3) is 0.176. The molecule has 0 spiro atoms. The minimum absolute atomic E-state index is 0.119. The lowest BCUT2D eigenvalue weighted by molar-refractivity contribution is 0.513. The average molecular weight is 278 g/mol. The van der Waals surface area contributed by atoms with E-state index in [0.29, 0.717) is 0 Å². The van der Waals surface area contributed by atoms with Crippen molar-refractivity contribution in [2.24, 2.45) is 5.84 Å². The molecule has 0 radical (unpaired) electrons. The van der Waals surface area contributed by atoms with Crippen LogP contribution in [0.15, 0.2) is 60.8 Å². The van der Waals surface area contributed by atoms with Crippen LogP contribution in [0, 0.1) is 0 Å². The van der Waals surface area contributed by atoms with E-state index in [4.69, 9.17) is 5.84 Å². The summed E-state index contributed by atoms with van der Waals surface area (Å²) in [5, 5.41) is 1.16. The molecule has 1 aromatic carbocycles. The highest BCUT2D eigenvalue weighted by Gasteiger charge is 2.10. The summed E-state index contributed by atoms with van der Waals surface area (Å²) in [5.74, 6) is 5.68. The summed E-state index contributed by atoms with van der Waals surface area (Å²) in [6.45, 7) is 0. The van der Waals surface area contributed by atoms with Gasteiger partial charge in [-0.1, -0.05) is 30.3 Å². The fourth-order valence-corrected chi connectivity index (χ4v) is 2.44. The number of nitrogens with zero attached hydrogens (tertiary/aromatic N) is 2. The third-order valence-electron chi connectivity index (χ3n) is 3.53. The number of nitrogens with one attached hydrogen (secondary N) is 1. The van der Waals surface area contributed by atoms with Gasteiger partial charge in [0.25, 0.3) is 0 Å². The zero-order valence-electron chi connectivity index (χ0n) is 11.7. The second-order valence-electron chi connectivity index (χ2n) is 5.09. The average Bonchev–Trinajstić information content (AvgIpc) is 2.55. The van der Waals surface area contributed by atoms with Gasteiger partial charge < -0.3 is 0 Å². The number of para-hydroxylation sites is 1. The van der Waals surface area contributed by atoms with Crippen molar-refractivity contribution in [2.75, 3.05) is 0 Å². The SMILES string of the molecule is NNC(Cc1ccccn1)Cc1ccc2ccccc2n1. The molecular formula is C17H18N4. The maximum atomic E-state index is 5.68. The molecule has 0 saturated carbocycles. The van der Waals surface area contributed by atoms with Crippen molar-refractivity contribution >= 4 is 10.9 Å². The number of rotatable bonds is 5. The summed E-state index contributed by atoms with van der Waals surface area (Å²) < 4.78 is 0. The number of benzene rings is 1. The normalized spacial score (nSPS) is 12.4. The van der Waals surface area contributed by atoms with E-state index < -0.39 is 0 Å². The van der Waals surface area contributed by atoms with Gasteiger partial charge in [-0.25, -0.2) is 0 Å². The molecule has 0 aliphatic heterocycles. The Labute approximate surface area is 124 Å². The minimum Gasteiger partial charge on any atom is -0.271 e. The van der Waals surface area contributed by atoms with Crippen LogP contribution in [0.2, 0.25) is 0 Å². The molecule has 2 heterocycles. The Hall–Kier alpha value is -2.30. The van der Waals surface area contributed by atoms with Crippen molar-refractivity contribution in [1.29, 1.82) is 0 Å². The third kappa shape index (κ3) is 3.42. The van der Waals surface area contributed by atoms with Gasteiger partial charge in [0, 0.05) is 41.9 Å². The van der Waals surface area contributed by atoms with Crippen LogP contribution in [0.4, 0.5) is 0 Å². The Morgan fingerprint density at radius 1 is 0.905 bits per heavy atom. The highest BCUT2D eigenvalue weighted by molar-refractivity contribution is 5.78. The second kappa shape index (κ2) is 6.43. The van der Waals surface area contributed by atoms with Gasteiger partial charge in [-0.2, -0.15) is 0 Å². The fourth-order valence-electron chi connectivity index (χ4n) is 2.44. The molecule has 2 aromatic heterocycles. The topological polar surface area (TPSA) is 63.8 Å². The summed E-state index contributed by atoms with van der Waals surface area (Å²) in [5.41, 5.74) is 5.95. The Kier molecular flexibility index (Phi) is 4.19. The third-order valence-corrected chi connectivity index (χ3v) is 3.53. The van der Waals surface area contributed by atoms with Crippen molar-refractivity contribution in [2.45, 2.75) is 18.9 Å². The van der Waals surface area contributed by atoms with E-state index in [0.717, 1.165) is 35.1 Å². The molecule has 3 aromatic rings.